The highest BCUT2D eigenvalue weighted by molar-refractivity contribution is 5.88. The van der Waals surface area contributed by atoms with E-state index < -0.39 is 5.97 Å². The Bertz CT molecular complexity index is 456. The van der Waals surface area contributed by atoms with Gasteiger partial charge in [-0.1, -0.05) is 0 Å². The number of carboxylic acids is 1. The lowest BCUT2D eigenvalue weighted by atomic mass is 10.1. The molecule has 19 heavy (non-hydrogen) atoms. The first-order valence-corrected chi connectivity index (χ1v) is 6.00. The summed E-state index contributed by atoms with van der Waals surface area (Å²) in [5, 5.41) is 8.93. The molecule has 1 aromatic carbocycles. The normalized spacial score (nSPS) is 10.1. The van der Waals surface area contributed by atoms with Gasteiger partial charge in [0, 0.05) is 6.42 Å². The molecule has 5 heteroatoms. The Balaban J connectivity index is 2.64. The summed E-state index contributed by atoms with van der Waals surface area (Å²) in [5.41, 5.74) is 1.79. The van der Waals surface area contributed by atoms with Crippen molar-refractivity contribution in [3.05, 3.63) is 28.8 Å². The number of carbonyl (C=O) groups is 2. The van der Waals surface area contributed by atoms with Crippen molar-refractivity contribution in [1.29, 1.82) is 0 Å². The highest BCUT2D eigenvalue weighted by atomic mass is 16.5. The predicted octanol–water partition coefficient (Wildman–Crippen LogP) is 2.33. The number of rotatable bonds is 6. The molecule has 0 fully saturated rings. The molecule has 0 heterocycles. The first-order valence-electron chi connectivity index (χ1n) is 6.00. The molecule has 0 radical (unpaired) electrons. The third kappa shape index (κ3) is 4.28. The molecular weight excluding hydrogens is 248 g/mol. The SMILES string of the molecule is COC(=O)CCCOc1c(C)cc(C(=O)O)cc1C. The first kappa shape index (κ1) is 15.0. The van der Waals surface area contributed by atoms with E-state index in [4.69, 9.17) is 9.84 Å². The van der Waals surface area contributed by atoms with Gasteiger partial charge >= 0.3 is 11.9 Å². The lowest BCUT2D eigenvalue weighted by Crippen LogP contribution is -2.07. The van der Waals surface area contributed by atoms with Gasteiger partial charge in [0.25, 0.3) is 0 Å². The topological polar surface area (TPSA) is 72.8 Å². The number of carbonyl (C=O) groups excluding carboxylic acids is 1. The molecule has 0 unspecified atom stereocenters. The van der Waals surface area contributed by atoms with E-state index in [1.165, 1.54) is 7.11 Å². The van der Waals surface area contributed by atoms with Gasteiger partial charge in [-0.15, -0.1) is 0 Å². The number of aryl methyl sites for hydroxylation is 2. The molecule has 0 saturated carbocycles. The maximum Gasteiger partial charge on any atom is 0.335 e. The van der Waals surface area contributed by atoms with Gasteiger partial charge in [0.2, 0.25) is 0 Å². The molecule has 0 bridgehead atoms. The van der Waals surface area contributed by atoms with Crippen molar-refractivity contribution in [2.45, 2.75) is 26.7 Å². The van der Waals surface area contributed by atoms with Gasteiger partial charge in [-0.25, -0.2) is 4.79 Å². The second-order valence-corrected chi connectivity index (χ2v) is 4.27. The molecule has 0 aliphatic carbocycles. The summed E-state index contributed by atoms with van der Waals surface area (Å²) in [6.45, 7) is 3.99. The van der Waals surface area contributed by atoms with Crippen LogP contribution in [0.15, 0.2) is 12.1 Å². The fourth-order valence-corrected chi connectivity index (χ4v) is 1.79. The fraction of sp³-hybridized carbons (Fsp3) is 0.429. The third-order valence-corrected chi connectivity index (χ3v) is 2.71. The van der Waals surface area contributed by atoms with Gasteiger partial charge in [-0.05, 0) is 43.5 Å². The van der Waals surface area contributed by atoms with Crippen LogP contribution in [0.4, 0.5) is 0 Å². The zero-order valence-electron chi connectivity index (χ0n) is 11.4. The van der Waals surface area contributed by atoms with E-state index in [9.17, 15) is 9.59 Å². The lowest BCUT2D eigenvalue weighted by molar-refractivity contribution is -0.140. The number of hydrogen-bond donors (Lipinski definition) is 1. The van der Waals surface area contributed by atoms with Gasteiger partial charge in [0.05, 0.1) is 19.3 Å². The quantitative estimate of drug-likeness (QED) is 0.632. The average Bonchev–Trinajstić information content (AvgIpc) is 2.36. The van der Waals surface area contributed by atoms with Crippen LogP contribution in [0.2, 0.25) is 0 Å². The summed E-state index contributed by atoms with van der Waals surface area (Å²) in [5.74, 6) is -0.545. The molecule has 0 aromatic heterocycles. The summed E-state index contributed by atoms with van der Waals surface area (Å²) < 4.78 is 10.1. The lowest BCUT2D eigenvalue weighted by Gasteiger charge is -2.12. The van der Waals surface area contributed by atoms with Crippen molar-refractivity contribution in [1.82, 2.24) is 0 Å². The van der Waals surface area contributed by atoms with Crippen LogP contribution in [-0.4, -0.2) is 30.8 Å². The first-order chi connectivity index (χ1) is 8.95. The highest BCUT2D eigenvalue weighted by Gasteiger charge is 2.10. The summed E-state index contributed by atoms with van der Waals surface area (Å²) in [6, 6.07) is 3.15. The third-order valence-electron chi connectivity index (χ3n) is 2.71. The standard InChI is InChI=1S/C14H18O5/c1-9-7-11(14(16)17)8-10(2)13(9)19-6-4-5-12(15)18-3/h7-8H,4-6H2,1-3H3,(H,16,17). The average molecular weight is 266 g/mol. The molecule has 0 aliphatic heterocycles. The van der Waals surface area contributed by atoms with Gasteiger partial charge in [-0.3, -0.25) is 4.79 Å². The molecule has 0 amide bonds. The minimum absolute atomic E-state index is 0.247. The van der Waals surface area contributed by atoms with Gasteiger partial charge < -0.3 is 14.6 Å². The molecule has 0 spiro atoms. The number of methoxy groups -OCH3 is 1. The fourth-order valence-electron chi connectivity index (χ4n) is 1.79. The summed E-state index contributed by atoms with van der Waals surface area (Å²) in [7, 11) is 1.35. The summed E-state index contributed by atoms with van der Waals surface area (Å²) >= 11 is 0. The zero-order chi connectivity index (χ0) is 14.4. The van der Waals surface area contributed by atoms with Crippen molar-refractivity contribution in [3.63, 3.8) is 0 Å². The van der Waals surface area contributed by atoms with Crippen molar-refractivity contribution in [2.24, 2.45) is 0 Å². The van der Waals surface area contributed by atoms with E-state index in [0.717, 1.165) is 11.1 Å². The zero-order valence-corrected chi connectivity index (χ0v) is 11.4. The number of hydrogen-bond acceptors (Lipinski definition) is 4. The van der Waals surface area contributed by atoms with E-state index in [-0.39, 0.29) is 11.5 Å². The highest BCUT2D eigenvalue weighted by Crippen LogP contribution is 2.25. The van der Waals surface area contributed by atoms with Crippen LogP contribution in [0.5, 0.6) is 5.75 Å². The summed E-state index contributed by atoms with van der Waals surface area (Å²) in [6.07, 6.45) is 0.869. The Morgan fingerprint density at radius 3 is 2.26 bits per heavy atom. The van der Waals surface area contributed by atoms with E-state index >= 15 is 0 Å². The number of carboxylic acid groups (broad SMARTS) is 1. The molecule has 0 aliphatic rings. The van der Waals surface area contributed by atoms with E-state index in [1.54, 1.807) is 26.0 Å². The Hall–Kier alpha value is -2.04. The Kier molecular flexibility index (Phi) is 5.36. The molecular formula is C14H18O5. The van der Waals surface area contributed by atoms with E-state index in [1.807, 2.05) is 0 Å². The van der Waals surface area contributed by atoms with Crippen LogP contribution in [0.3, 0.4) is 0 Å². The monoisotopic (exact) mass is 266 g/mol. The van der Waals surface area contributed by atoms with Crippen molar-refractivity contribution in [3.8, 4) is 5.75 Å². The molecule has 5 nitrogen and oxygen atoms in total. The maximum absolute atomic E-state index is 10.9. The van der Waals surface area contributed by atoms with Crippen LogP contribution < -0.4 is 4.74 Å². The maximum atomic E-state index is 10.9. The molecule has 0 saturated heterocycles. The van der Waals surface area contributed by atoms with Crippen molar-refractivity contribution >= 4 is 11.9 Å². The van der Waals surface area contributed by atoms with E-state index in [0.29, 0.717) is 25.2 Å². The van der Waals surface area contributed by atoms with Gasteiger partial charge in [0.1, 0.15) is 5.75 Å². The molecule has 1 aromatic rings. The number of ether oxygens (including phenoxy) is 2. The Morgan fingerprint density at radius 1 is 1.21 bits per heavy atom. The molecule has 104 valence electrons. The van der Waals surface area contributed by atoms with E-state index in [2.05, 4.69) is 4.74 Å². The number of esters is 1. The van der Waals surface area contributed by atoms with Crippen LogP contribution in [0, 0.1) is 13.8 Å². The van der Waals surface area contributed by atoms with Crippen LogP contribution in [0.25, 0.3) is 0 Å². The largest absolute Gasteiger partial charge is 0.493 e. The smallest absolute Gasteiger partial charge is 0.335 e. The number of benzene rings is 1. The summed E-state index contributed by atoms with van der Waals surface area (Å²) in [4.78, 5) is 21.8. The van der Waals surface area contributed by atoms with Gasteiger partial charge in [0.15, 0.2) is 0 Å². The molecule has 1 rings (SSSR count). The van der Waals surface area contributed by atoms with Crippen molar-refractivity contribution in [2.75, 3.05) is 13.7 Å². The Labute approximate surface area is 112 Å². The van der Waals surface area contributed by atoms with Crippen molar-refractivity contribution < 1.29 is 24.2 Å². The van der Waals surface area contributed by atoms with Gasteiger partial charge in [-0.2, -0.15) is 0 Å². The second kappa shape index (κ2) is 6.78. The Morgan fingerprint density at radius 2 is 1.79 bits per heavy atom. The number of aromatic carboxylic acids is 1. The molecule has 0 atom stereocenters. The molecule has 1 N–H and O–H groups in total. The second-order valence-electron chi connectivity index (χ2n) is 4.27. The minimum atomic E-state index is -0.955. The van der Waals surface area contributed by atoms with Crippen LogP contribution in [-0.2, 0) is 9.53 Å². The van der Waals surface area contributed by atoms with Crippen LogP contribution in [0.1, 0.15) is 34.3 Å². The predicted molar refractivity (Wildman–Crippen MR) is 69.6 cm³/mol. The van der Waals surface area contributed by atoms with Crippen LogP contribution >= 0.6 is 0 Å². The minimum Gasteiger partial charge on any atom is -0.493 e.